The molecule has 11 heteroatoms. The molecule has 0 aliphatic carbocycles. The Morgan fingerprint density at radius 1 is 1.04 bits per heavy atom. The van der Waals surface area contributed by atoms with Gasteiger partial charge in [-0.15, -0.1) is 0 Å². The molecule has 0 spiro atoms. The van der Waals surface area contributed by atoms with Crippen LogP contribution in [-0.4, -0.2) is 78.0 Å². The van der Waals surface area contributed by atoms with E-state index < -0.39 is 23.9 Å². The second-order valence-corrected chi connectivity index (χ2v) is 12.0. The summed E-state index contributed by atoms with van der Waals surface area (Å²) in [6.07, 6.45) is 2.45. The Hall–Kier alpha value is -4.77. The minimum atomic E-state index is -0.945. The van der Waals surface area contributed by atoms with Gasteiger partial charge in [0.05, 0.1) is 38.3 Å². The van der Waals surface area contributed by atoms with Gasteiger partial charge in [0.25, 0.3) is 0 Å². The SMILES string of the molecule is CCCOC(=O)c1ccc(NC(=O)N([C@@H]2CCC[N+](C)(Cc3ccc4c(c3)OCO4)C2)[C@@H](Cc2ccc(O)cc2)C(N)=O)cc1. The maximum atomic E-state index is 14.1. The maximum absolute atomic E-state index is 14.1. The number of nitrogens with two attached hydrogens (primary N) is 1. The summed E-state index contributed by atoms with van der Waals surface area (Å²) < 4.78 is 16.9. The largest absolute Gasteiger partial charge is 0.508 e. The molecule has 3 amide bonds. The number of urea groups is 1. The number of nitrogens with one attached hydrogen (secondary N) is 1. The monoisotopic (exact) mass is 617 g/mol. The van der Waals surface area contributed by atoms with Crippen molar-refractivity contribution in [3.05, 3.63) is 83.4 Å². The summed E-state index contributed by atoms with van der Waals surface area (Å²) in [5.74, 6) is 0.504. The van der Waals surface area contributed by atoms with E-state index in [1.54, 1.807) is 53.4 Å². The molecule has 1 unspecified atom stereocenters. The molecule has 5 rings (SSSR count). The zero-order valence-electron chi connectivity index (χ0n) is 25.7. The first kappa shape index (κ1) is 31.6. The third-order valence-electron chi connectivity index (χ3n) is 8.35. The summed E-state index contributed by atoms with van der Waals surface area (Å²) in [5, 5.41) is 12.7. The number of phenols is 1. The molecule has 45 heavy (non-hydrogen) atoms. The summed E-state index contributed by atoms with van der Waals surface area (Å²) in [6, 6.07) is 17.3. The van der Waals surface area contributed by atoms with E-state index in [1.807, 2.05) is 25.1 Å². The Morgan fingerprint density at radius 3 is 2.47 bits per heavy atom. The molecule has 3 aromatic rings. The van der Waals surface area contributed by atoms with E-state index in [4.69, 9.17) is 19.9 Å². The van der Waals surface area contributed by atoms with E-state index in [0.717, 1.165) is 42.0 Å². The summed E-state index contributed by atoms with van der Waals surface area (Å²) in [7, 11) is 2.16. The van der Waals surface area contributed by atoms with Crippen molar-refractivity contribution in [2.75, 3.05) is 38.9 Å². The van der Waals surface area contributed by atoms with Crippen molar-refractivity contribution < 1.29 is 38.2 Å². The fourth-order valence-corrected chi connectivity index (χ4v) is 6.16. The van der Waals surface area contributed by atoms with Crippen LogP contribution in [0.3, 0.4) is 0 Å². The standard InChI is InChI=1S/C34H40N4O7/c1-3-17-43-33(41)25-9-11-26(12-10-25)36-34(42)37(29(32(35)40)18-23-6-13-28(39)14-7-23)27-5-4-16-38(2,21-27)20-24-8-15-30-31(19-24)45-22-44-30/h6-15,19,27,29H,3-5,16-18,20-22H2,1-2H3,(H3-,35,36,39,40,41,42)/p+1/t27-,29+,38?/m1/s1. The van der Waals surface area contributed by atoms with Crippen LogP contribution < -0.4 is 20.5 Å². The van der Waals surface area contributed by atoms with Gasteiger partial charge in [0.1, 0.15) is 18.3 Å². The molecule has 3 aromatic carbocycles. The van der Waals surface area contributed by atoms with Crippen molar-refractivity contribution in [3.63, 3.8) is 0 Å². The number of phenolic OH excluding ortho intramolecular Hbond substituents is 1. The number of aromatic hydroxyl groups is 1. The average Bonchev–Trinajstić information content (AvgIpc) is 3.49. The van der Waals surface area contributed by atoms with Gasteiger partial charge in [0, 0.05) is 17.7 Å². The lowest BCUT2D eigenvalue weighted by atomic mass is 9.96. The zero-order valence-corrected chi connectivity index (χ0v) is 25.7. The number of amides is 3. The molecule has 0 bridgehead atoms. The number of benzene rings is 3. The molecule has 0 saturated carbocycles. The molecule has 0 radical (unpaired) electrons. The lowest BCUT2D eigenvalue weighted by Gasteiger charge is -2.46. The number of ether oxygens (including phenoxy) is 3. The van der Waals surface area contributed by atoms with Gasteiger partial charge in [-0.1, -0.05) is 19.1 Å². The normalized spacial score (nSPS) is 19.4. The number of likely N-dealkylation sites (N-methyl/N-ethyl adjacent to an activating group) is 1. The van der Waals surface area contributed by atoms with Crippen LogP contribution in [0.25, 0.3) is 0 Å². The quantitative estimate of drug-likeness (QED) is 0.214. The van der Waals surface area contributed by atoms with E-state index >= 15 is 0 Å². The van der Waals surface area contributed by atoms with Crippen LogP contribution in [0.4, 0.5) is 10.5 Å². The first-order valence-electron chi connectivity index (χ1n) is 15.3. The van der Waals surface area contributed by atoms with Gasteiger partial charge in [0.15, 0.2) is 11.5 Å². The van der Waals surface area contributed by atoms with Crippen LogP contribution in [0.1, 0.15) is 47.7 Å². The smallest absolute Gasteiger partial charge is 0.338 e. The Balaban J connectivity index is 1.39. The first-order valence-corrected chi connectivity index (χ1v) is 15.3. The number of primary amides is 1. The molecule has 2 heterocycles. The zero-order chi connectivity index (χ0) is 32.0. The molecule has 1 fully saturated rings. The van der Waals surface area contributed by atoms with Crippen LogP contribution >= 0.6 is 0 Å². The van der Waals surface area contributed by atoms with Crippen molar-refractivity contribution in [2.24, 2.45) is 5.73 Å². The lowest BCUT2D eigenvalue weighted by Crippen LogP contribution is -2.62. The molecular weight excluding hydrogens is 576 g/mol. The van der Waals surface area contributed by atoms with Gasteiger partial charge in [-0.05, 0) is 79.4 Å². The summed E-state index contributed by atoms with van der Waals surface area (Å²) in [5.41, 5.74) is 8.70. The Kier molecular flexibility index (Phi) is 9.77. The van der Waals surface area contributed by atoms with Gasteiger partial charge >= 0.3 is 12.0 Å². The number of quaternary nitrogens is 1. The highest BCUT2D eigenvalue weighted by Gasteiger charge is 2.41. The number of hydrogen-bond donors (Lipinski definition) is 3. The number of nitrogens with zero attached hydrogens (tertiary/aromatic N) is 2. The second kappa shape index (κ2) is 13.9. The molecule has 238 valence electrons. The third-order valence-corrected chi connectivity index (χ3v) is 8.35. The lowest BCUT2D eigenvalue weighted by molar-refractivity contribution is -0.928. The van der Waals surface area contributed by atoms with Gasteiger partial charge in [0.2, 0.25) is 12.7 Å². The summed E-state index contributed by atoms with van der Waals surface area (Å²) in [4.78, 5) is 41.0. The molecule has 11 nitrogen and oxygen atoms in total. The number of piperidine rings is 1. The van der Waals surface area contributed by atoms with E-state index in [9.17, 15) is 19.5 Å². The summed E-state index contributed by atoms with van der Waals surface area (Å²) >= 11 is 0. The van der Waals surface area contributed by atoms with Crippen LogP contribution in [0.2, 0.25) is 0 Å². The molecule has 4 N–H and O–H groups in total. The predicted octanol–water partition coefficient (Wildman–Crippen LogP) is 4.43. The van der Waals surface area contributed by atoms with Crippen molar-refractivity contribution in [1.82, 2.24) is 4.90 Å². The number of esters is 1. The molecular formula is C34H41N4O7+. The summed E-state index contributed by atoms with van der Waals surface area (Å²) in [6.45, 7) is 4.66. The van der Waals surface area contributed by atoms with Crippen molar-refractivity contribution >= 4 is 23.6 Å². The highest BCUT2D eigenvalue weighted by Crippen LogP contribution is 2.34. The maximum Gasteiger partial charge on any atom is 0.338 e. The highest BCUT2D eigenvalue weighted by atomic mass is 16.7. The van der Waals surface area contributed by atoms with Crippen molar-refractivity contribution in [1.29, 1.82) is 0 Å². The van der Waals surface area contributed by atoms with E-state index in [2.05, 4.69) is 12.4 Å². The van der Waals surface area contributed by atoms with E-state index in [1.165, 1.54) is 0 Å². The molecule has 1 saturated heterocycles. The minimum absolute atomic E-state index is 0.106. The van der Waals surface area contributed by atoms with Gasteiger partial charge in [-0.3, -0.25) is 4.79 Å². The van der Waals surface area contributed by atoms with Gasteiger partial charge < -0.3 is 39.8 Å². The second-order valence-electron chi connectivity index (χ2n) is 12.0. The Morgan fingerprint density at radius 2 is 1.76 bits per heavy atom. The number of hydrogen-bond acceptors (Lipinski definition) is 7. The molecule has 0 aromatic heterocycles. The van der Waals surface area contributed by atoms with E-state index in [0.29, 0.717) is 41.9 Å². The van der Waals surface area contributed by atoms with E-state index in [-0.39, 0.29) is 25.0 Å². The number of carbonyl (C=O) groups is 3. The van der Waals surface area contributed by atoms with Crippen molar-refractivity contribution in [3.8, 4) is 17.2 Å². The average molecular weight is 618 g/mol. The van der Waals surface area contributed by atoms with Gasteiger partial charge in [-0.25, -0.2) is 9.59 Å². The Labute approximate surface area is 263 Å². The Bertz CT molecular complexity index is 1510. The van der Waals surface area contributed by atoms with Crippen LogP contribution in [-0.2, 0) is 22.5 Å². The fourth-order valence-electron chi connectivity index (χ4n) is 6.16. The molecule has 2 aliphatic heterocycles. The number of likely N-dealkylation sites (tertiary alicyclic amines) is 1. The predicted molar refractivity (Wildman–Crippen MR) is 168 cm³/mol. The molecule has 3 atom stereocenters. The van der Waals surface area contributed by atoms with Crippen LogP contribution in [0.5, 0.6) is 17.2 Å². The number of fused-ring (bicyclic) bond motifs is 1. The van der Waals surface area contributed by atoms with Crippen LogP contribution in [0.15, 0.2) is 66.7 Å². The molecule has 2 aliphatic rings. The number of anilines is 1. The minimum Gasteiger partial charge on any atom is -0.508 e. The number of rotatable bonds is 11. The fraction of sp³-hybridized carbons (Fsp3) is 0.382. The first-order chi connectivity index (χ1) is 21.6. The van der Waals surface area contributed by atoms with Crippen molar-refractivity contribution in [2.45, 2.75) is 51.2 Å². The number of carbonyl (C=O) groups excluding carboxylic acids is 3. The topological polar surface area (TPSA) is 140 Å². The van der Waals surface area contributed by atoms with Gasteiger partial charge in [-0.2, -0.15) is 0 Å². The third kappa shape index (κ3) is 7.85. The van der Waals surface area contributed by atoms with Crippen LogP contribution in [0, 0.1) is 0 Å². The highest BCUT2D eigenvalue weighted by molar-refractivity contribution is 5.95.